The smallest absolute Gasteiger partial charge is 0.229 e. The highest BCUT2D eigenvalue weighted by atomic mass is 31.2. The summed E-state index contributed by atoms with van der Waals surface area (Å²) in [6.07, 6.45) is 2.53. The molecule has 0 aliphatic carbocycles. The second-order valence-electron chi connectivity index (χ2n) is 8.18. The fourth-order valence-electron chi connectivity index (χ4n) is 3.80. The third-order valence-corrected chi connectivity index (χ3v) is 8.75. The van der Waals surface area contributed by atoms with Crippen LogP contribution in [0.2, 0.25) is 0 Å². The van der Waals surface area contributed by atoms with Crippen molar-refractivity contribution in [2.45, 2.75) is 67.7 Å². The molecule has 0 amide bonds. The van der Waals surface area contributed by atoms with E-state index in [2.05, 4.69) is 6.92 Å². The van der Waals surface area contributed by atoms with Crippen molar-refractivity contribution in [3.05, 3.63) is 68.8 Å². The van der Waals surface area contributed by atoms with E-state index in [1.165, 1.54) is 0 Å². The molecule has 0 aliphatic rings. The topological polar surface area (TPSA) is 51.2 Å². The lowest BCUT2D eigenvalue weighted by atomic mass is 9.99. The van der Waals surface area contributed by atoms with Crippen molar-refractivity contribution in [1.29, 1.82) is 0 Å². The fraction of sp³-hybridized carbons (Fsp3) is 0.440. The summed E-state index contributed by atoms with van der Waals surface area (Å²) in [4.78, 5) is 27.4. The highest BCUT2D eigenvalue weighted by Gasteiger charge is 2.42. The molecule has 156 valence electrons. The summed E-state index contributed by atoms with van der Waals surface area (Å²) in [5.74, 6) is 0. The lowest BCUT2D eigenvalue weighted by molar-refractivity contribution is 0.103. The van der Waals surface area contributed by atoms with Crippen LogP contribution in [0.25, 0.3) is 0 Å². The van der Waals surface area contributed by atoms with Crippen molar-refractivity contribution in [3.63, 3.8) is 0 Å². The third-order valence-electron chi connectivity index (χ3n) is 6.05. The number of aryl methyl sites for hydroxylation is 4. The summed E-state index contributed by atoms with van der Waals surface area (Å²) in [5.41, 5.74) is 5.09. The van der Waals surface area contributed by atoms with E-state index in [0.717, 1.165) is 46.2 Å². The van der Waals surface area contributed by atoms with Gasteiger partial charge < -0.3 is 4.57 Å². The van der Waals surface area contributed by atoms with Crippen molar-refractivity contribution in [2.24, 2.45) is 0 Å². The fourth-order valence-corrected chi connectivity index (χ4v) is 6.47. The highest BCUT2D eigenvalue weighted by molar-refractivity contribution is 7.95. The first-order chi connectivity index (χ1) is 13.6. The SMILES string of the molecule is CCCCCP(=O)(C(=O)c1c(C)ccc(C)c1C)C(=O)c1c(C)ccc(C)c1C. The standard InChI is InChI=1S/C25H33O3P/c1-8-9-10-15-29(28,24(26)22-18(4)13-11-16(2)20(22)6)25(27)23-19(5)14-12-17(3)21(23)7/h11-14H,8-10,15H2,1-7H3. The summed E-state index contributed by atoms with van der Waals surface area (Å²) < 4.78 is 14.2. The Morgan fingerprint density at radius 1 is 0.690 bits per heavy atom. The van der Waals surface area contributed by atoms with Gasteiger partial charge in [0, 0.05) is 17.3 Å². The van der Waals surface area contributed by atoms with Gasteiger partial charge in [0.2, 0.25) is 18.2 Å². The van der Waals surface area contributed by atoms with Crippen LogP contribution >= 0.6 is 7.14 Å². The normalized spacial score (nSPS) is 11.6. The Morgan fingerprint density at radius 3 is 1.45 bits per heavy atom. The number of hydrogen-bond donors (Lipinski definition) is 0. The third kappa shape index (κ3) is 4.46. The number of carbonyl (C=O) groups excluding carboxylic acids is 2. The van der Waals surface area contributed by atoms with Crippen LogP contribution in [-0.4, -0.2) is 17.2 Å². The Kier molecular flexibility index (Phi) is 7.40. The van der Waals surface area contributed by atoms with E-state index in [0.29, 0.717) is 17.5 Å². The van der Waals surface area contributed by atoms with Crippen LogP contribution in [0.15, 0.2) is 24.3 Å². The molecule has 0 heterocycles. The predicted molar refractivity (Wildman–Crippen MR) is 122 cm³/mol. The number of unbranched alkanes of at least 4 members (excludes halogenated alkanes) is 2. The molecule has 0 aliphatic heterocycles. The van der Waals surface area contributed by atoms with Gasteiger partial charge in [0.25, 0.3) is 0 Å². The van der Waals surface area contributed by atoms with E-state index in [4.69, 9.17) is 0 Å². The highest BCUT2D eigenvalue weighted by Crippen LogP contribution is 2.54. The minimum atomic E-state index is -3.80. The van der Waals surface area contributed by atoms with Crippen LogP contribution < -0.4 is 0 Å². The van der Waals surface area contributed by atoms with Gasteiger partial charge in [-0.2, -0.15) is 0 Å². The maximum absolute atomic E-state index is 14.2. The van der Waals surface area contributed by atoms with Gasteiger partial charge >= 0.3 is 0 Å². The van der Waals surface area contributed by atoms with Crippen LogP contribution in [-0.2, 0) is 4.57 Å². The molecule has 2 aromatic rings. The average molecular weight is 413 g/mol. The minimum Gasteiger partial charge on any atom is -0.307 e. The van der Waals surface area contributed by atoms with Gasteiger partial charge in [-0.3, -0.25) is 9.59 Å². The van der Waals surface area contributed by atoms with E-state index in [1.807, 2.05) is 65.8 Å². The Balaban J connectivity index is 2.68. The Hall–Kier alpha value is -1.99. The number of benzene rings is 2. The van der Waals surface area contributed by atoms with E-state index in [9.17, 15) is 14.2 Å². The number of carbonyl (C=O) groups is 2. The average Bonchev–Trinajstić information content (AvgIpc) is 2.68. The molecule has 0 bridgehead atoms. The van der Waals surface area contributed by atoms with E-state index in [1.54, 1.807) is 0 Å². The summed E-state index contributed by atoms with van der Waals surface area (Å²) in [6.45, 7) is 13.4. The van der Waals surface area contributed by atoms with Crippen LogP contribution in [0.4, 0.5) is 0 Å². The molecule has 29 heavy (non-hydrogen) atoms. The van der Waals surface area contributed by atoms with Crippen LogP contribution in [0.5, 0.6) is 0 Å². The van der Waals surface area contributed by atoms with Gasteiger partial charge in [-0.25, -0.2) is 0 Å². The molecule has 4 heteroatoms. The van der Waals surface area contributed by atoms with E-state index in [-0.39, 0.29) is 6.16 Å². The zero-order valence-electron chi connectivity index (χ0n) is 18.8. The monoisotopic (exact) mass is 412 g/mol. The van der Waals surface area contributed by atoms with Crippen LogP contribution in [0.3, 0.4) is 0 Å². The van der Waals surface area contributed by atoms with Gasteiger partial charge in [-0.1, -0.05) is 44.0 Å². The molecular formula is C25H33O3P. The molecule has 0 fully saturated rings. The Morgan fingerprint density at radius 2 is 1.07 bits per heavy atom. The van der Waals surface area contributed by atoms with Crippen molar-refractivity contribution in [1.82, 2.24) is 0 Å². The van der Waals surface area contributed by atoms with Crippen molar-refractivity contribution >= 4 is 18.2 Å². The van der Waals surface area contributed by atoms with Gasteiger partial charge in [-0.15, -0.1) is 0 Å². The second-order valence-corrected chi connectivity index (χ2v) is 10.9. The maximum atomic E-state index is 14.2. The molecule has 0 radical (unpaired) electrons. The number of hydrogen-bond acceptors (Lipinski definition) is 3. The molecule has 3 nitrogen and oxygen atoms in total. The molecule has 0 aromatic heterocycles. The number of rotatable bonds is 8. The summed E-state index contributed by atoms with van der Waals surface area (Å²) in [6, 6.07) is 7.67. The molecule has 0 N–H and O–H groups in total. The Labute approximate surface area is 175 Å². The van der Waals surface area contributed by atoms with Crippen molar-refractivity contribution in [3.8, 4) is 0 Å². The summed E-state index contributed by atoms with van der Waals surface area (Å²) >= 11 is 0. The lowest BCUT2D eigenvalue weighted by Gasteiger charge is -2.21. The van der Waals surface area contributed by atoms with Gasteiger partial charge in [-0.05, 0) is 81.3 Å². The quantitative estimate of drug-likeness (QED) is 0.344. The first-order valence-corrected chi connectivity index (χ1v) is 12.3. The second kappa shape index (κ2) is 9.22. The predicted octanol–water partition coefficient (Wildman–Crippen LogP) is 7.07. The maximum Gasteiger partial charge on any atom is 0.229 e. The van der Waals surface area contributed by atoms with Crippen LogP contribution in [0, 0.1) is 41.5 Å². The zero-order chi connectivity index (χ0) is 21.9. The molecule has 0 saturated carbocycles. The summed E-state index contributed by atoms with van der Waals surface area (Å²) in [5, 5.41) is 0. The molecular weight excluding hydrogens is 379 g/mol. The zero-order valence-corrected chi connectivity index (χ0v) is 19.7. The van der Waals surface area contributed by atoms with Crippen molar-refractivity contribution in [2.75, 3.05) is 6.16 Å². The molecule has 2 aromatic carbocycles. The van der Waals surface area contributed by atoms with Crippen LogP contribution in [0.1, 0.15) is 80.3 Å². The van der Waals surface area contributed by atoms with E-state index < -0.39 is 18.2 Å². The van der Waals surface area contributed by atoms with E-state index >= 15 is 0 Å². The lowest BCUT2D eigenvalue weighted by Crippen LogP contribution is -2.18. The van der Waals surface area contributed by atoms with Gasteiger partial charge in [0.1, 0.15) is 0 Å². The molecule has 0 spiro atoms. The van der Waals surface area contributed by atoms with Gasteiger partial charge in [0.05, 0.1) is 0 Å². The molecule has 0 saturated heterocycles. The molecule has 2 rings (SSSR count). The van der Waals surface area contributed by atoms with Gasteiger partial charge in [0.15, 0.2) is 0 Å². The first-order valence-electron chi connectivity index (χ1n) is 10.4. The summed E-state index contributed by atoms with van der Waals surface area (Å²) in [7, 11) is -3.80. The molecule has 0 atom stereocenters. The van der Waals surface area contributed by atoms with Crippen molar-refractivity contribution < 1.29 is 14.2 Å². The Bertz CT molecular complexity index is 928. The largest absolute Gasteiger partial charge is 0.307 e. The molecule has 0 unspecified atom stereocenters. The first kappa shape index (κ1) is 23.3. The minimum absolute atomic E-state index is 0.137.